The van der Waals surface area contributed by atoms with Crippen molar-refractivity contribution in [2.75, 3.05) is 7.11 Å². The minimum Gasteiger partial charge on any atom is -0.469 e. The van der Waals surface area contributed by atoms with E-state index in [1.165, 1.54) is 7.11 Å². The zero-order valence-corrected chi connectivity index (χ0v) is 12.9. The highest BCUT2D eigenvalue weighted by Gasteiger charge is 2.35. The molecular formula is C13H19BrN2O2. The molecule has 1 aliphatic rings. The third-order valence-electron chi connectivity index (χ3n) is 3.32. The number of hydrogen-bond donors (Lipinski definition) is 0. The number of carbonyl (C=O) groups is 1. The van der Waals surface area contributed by atoms with Gasteiger partial charge in [0, 0.05) is 12.0 Å². The molecule has 0 spiro atoms. The molecule has 5 heteroatoms. The molecule has 0 saturated heterocycles. The smallest absolute Gasteiger partial charge is 0.314 e. The van der Waals surface area contributed by atoms with Crippen LogP contribution in [0.15, 0.2) is 4.60 Å². The highest BCUT2D eigenvalue weighted by atomic mass is 79.9. The van der Waals surface area contributed by atoms with Crippen molar-refractivity contribution in [2.24, 2.45) is 0 Å². The number of imidazole rings is 1. The van der Waals surface area contributed by atoms with E-state index >= 15 is 0 Å². The summed E-state index contributed by atoms with van der Waals surface area (Å²) in [6.07, 6.45) is 1.82. The molecular weight excluding hydrogens is 296 g/mol. The van der Waals surface area contributed by atoms with Crippen molar-refractivity contribution >= 4 is 21.9 Å². The Labute approximate surface area is 116 Å². The van der Waals surface area contributed by atoms with Crippen molar-refractivity contribution in [3.63, 3.8) is 0 Å². The average Bonchev–Trinajstić information content (AvgIpc) is 2.66. The predicted molar refractivity (Wildman–Crippen MR) is 72.6 cm³/mol. The molecule has 0 bridgehead atoms. The quantitative estimate of drug-likeness (QED) is 0.748. The summed E-state index contributed by atoms with van der Waals surface area (Å²) in [7, 11) is 1.44. The second kappa shape index (κ2) is 4.68. The molecule has 0 radical (unpaired) electrons. The van der Waals surface area contributed by atoms with Gasteiger partial charge in [-0.1, -0.05) is 20.8 Å². The maximum absolute atomic E-state index is 11.9. The van der Waals surface area contributed by atoms with Gasteiger partial charge in [-0.25, -0.2) is 4.98 Å². The number of ether oxygens (including phenoxy) is 1. The van der Waals surface area contributed by atoms with E-state index in [1.807, 2.05) is 0 Å². The second-order valence-corrected chi connectivity index (χ2v) is 6.48. The van der Waals surface area contributed by atoms with E-state index in [-0.39, 0.29) is 17.3 Å². The third kappa shape index (κ3) is 2.20. The van der Waals surface area contributed by atoms with E-state index in [0.29, 0.717) is 0 Å². The van der Waals surface area contributed by atoms with E-state index in [4.69, 9.17) is 4.74 Å². The van der Waals surface area contributed by atoms with Gasteiger partial charge in [-0.2, -0.15) is 0 Å². The first-order valence-electron chi connectivity index (χ1n) is 6.20. The van der Waals surface area contributed by atoms with Gasteiger partial charge in [-0.05, 0) is 28.8 Å². The fraction of sp³-hybridized carbons (Fsp3) is 0.692. The summed E-state index contributed by atoms with van der Waals surface area (Å²) in [5.41, 5.74) is 0.941. The van der Waals surface area contributed by atoms with Crippen LogP contribution in [-0.2, 0) is 21.5 Å². The molecule has 1 aliphatic heterocycles. The Bertz CT molecular complexity index is 474. The predicted octanol–water partition coefficient (Wildman–Crippen LogP) is 2.99. The van der Waals surface area contributed by atoms with Crippen LogP contribution < -0.4 is 0 Å². The first-order chi connectivity index (χ1) is 8.36. The van der Waals surface area contributed by atoms with Gasteiger partial charge < -0.3 is 9.30 Å². The van der Waals surface area contributed by atoms with Crippen LogP contribution >= 0.6 is 15.9 Å². The molecule has 18 heavy (non-hydrogen) atoms. The number of halogens is 1. The highest BCUT2D eigenvalue weighted by Crippen LogP contribution is 2.37. The van der Waals surface area contributed by atoms with Crippen molar-refractivity contribution in [1.29, 1.82) is 0 Å². The topological polar surface area (TPSA) is 44.1 Å². The van der Waals surface area contributed by atoms with Crippen LogP contribution in [0, 0.1) is 0 Å². The summed E-state index contributed by atoms with van der Waals surface area (Å²) in [6.45, 7) is 7.33. The Morgan fingerprint density at radius 2 is 2.17 bits per heavy atom. The van der Waals surface area contributed by atoms with Gasteiger partial charge in [-0.15, -0.1) is 0 Å². The van der Waals surface area contributed by atoms with Crippen LogP contribution in [0.4, 0.5) is 0 Å². The van der Waals surface area contributed by atoms with Gasteiger partial charge in [-0.3, -0.25) is 4.79 Å². The van der Waals surface area contributed by atoms with E-state index < -0.39 is 0 Å². The van der Waals surface area contributed by atoms with Gasteiger partial charge in [0.05, 0.1) is 18.7 Å². The Balaban J connectivity index is 2.53. The van der Waals surface area contributed by atoms with Gasteiger partial charge in [0.1, 0.15) is 10.4 Å². The Morgan fingerprint density at radius 3 is 2.72 bits per heavy atom. The zero-order valence-electron chi connectivity index (χ0n) is 11.3. The molecule has 1 unspecified atom stereocenters. The number of rotatable bonds is 1. The van der Waals surface area contributed by atoms with Crippen LogP contribution in [0.1, 0.15) is 51.0 Å². The number of fused-ring (bicyclic) bond motifs is 1. The summed E-state index contributed by atoms with van der Waals surface area (Å²) in [4.78, 5) is 16.5. The van der Waals surface area contributed by atoms with Crippen LogP contribution in [0.5, 0.6) is 0 Å². The average molecular weight is 315 g/mol. The van der Waals surface area contributed by atoms with Crippen LogP contribution in [0.3, 0.4) is 0 Å². The summed E-state index contributed by atoms with van der Waals surface area (Å²) in [5.74, 6) is 0.664. The SMILES string of the molecule is COC(=O)C1CCCn2c(C(C)(C)C)nc(Br)c21. The van der Waals surface area contributed by atoms with Crippen LogP contribution in [-0.4, -0.2) is 22.6 Å². The second-order valence-electron chi connectivity index (χ2n) is 5.73. The number of nitrogens with zero attached hydrogens (tertiary/aromatic N) is 2. The highest BCUT2D eigenvalue weighted by molar-refractivity contribution is 9.10. The molecule has 1 aromatic heterocycles. The van der Waals surface area contributed by atoms with Crippen molar-refractivity contribution < 1.29 is 9.53 Å². The number of methoxy groups -OCH3 is 1. The fourth-order valence-corrected chi connectivity index (χ4v) is 3.19. The number of carbonyl (C=O) groups excluding carboxylic acids is 1. The lowest BCUT2D eigenvalue weighted by Gasteiger charge is -2.27. The molecule has 1 aromatic rings. The van der Waals surface area contributed by atoms with Crippen LogP contribution in [0.25, 0.3) is 0 Å². The summed E-state index contributed by atoms with van der Waals surface area (Å²) >= 11 is 3.49. The first-order valence-corrected chi connectivity index (χ1v) is 6.99. The molecule has 0 saturated carbocycles. The maximum atomic E-state index is 11.9. The zero-order chi connectivity index (χ0) is 13.5. The summed E-state index contributed by atoms with van der Waals surface area (Å²) in [5, 5.41) is 0. The van der Waals surface area contributed by atoms with E-state index in [2.05, 4.69) is 46.3 Å². The lowest BCUT2D eigenvalue weighted by molar-refractivity contribution is -0.143. The number of aromatic nitrogens is 2. The van der Waals surface area contributed by atoms with Gasteiger partial charge >= 0.3 is 5.97 Å². The van der Waals surface area contributed by atoms with Crippen molar-refractivity contribution in [2.45, 2.75) is 51.5 Å². The molecule has 0 aliphatic carbocycles. The van der Waals surface area contributed by atoms with Gasteiger partial charge in [0.25, 0.3) is 0 Å². The lowest BCUT2D eigenvalue weighted by atomic mass is 9.93. The minimum absolute atomic E-state index is 0.0290. The Morgan fingerprint density at radius 1 is 1.50 bits per heavy atom. The molecule has 2 rings (SSSR count). The molecule has 4 nitrogen and oxygen atoms in total. The van der Waals surface area contributed by atoms with E-state index in [1.54, 1.807) is 0 Å². The maximum Gasteiger partial charge on any atom is 0.314 e. The van der Waals surface area contributed by atoms with Crippen molar-refractivity contribution in [1.82, 2.24) is 9.55 Å². The molecule has 0 amide bonds. The monoisotopic (exact) mass is 314 g/mol. The lowest BCUT2D eigenvalue weighted by Crippen LogP contribution is -2.27. The fourth-order valence-electron chi connectivity index (χ4n) is 2.53. The normalized spacial score (nSPS) is 19.5. The first kappa shape index (κ1) is 13.6. The van der Waals surface area contributed by atoms with E-state index in [0.717, 1.165) is 35.5 Å². The number of hydrogen-bond acceptors (Lipinski definition) is 3. The van der Waals surface area contributed by atoms with Crippen LogP contribution in [0.2, 0.25) is 0 Å². The summed E-state index contributed by atoms with van der Waals surface area (Å²) < 4.78 is 7.85. The molecule has 0 N–H and O–H groups in total. The van der Waals surface area contributed by atoms with Crippen molar-refractivity contribution in [3.05, 3.63) is 16.1 Å². The molecule has 1 atom stereocenters. The van der Waals surface area contributed by atoms with Crippen molar-refractivity contribution in [3.8, 4) is 0 Å². The van der Waals surface area contributed by atoms with E-state index in [9.17, 15) is 4.79 Å². The Hall–Kier alpha value is -0.840. The molecule has 100 valence electrons. The number of esters is 1. The molecule has 0 aromatic carbocycles. The largest absolute Gasteiger partial charge is 0.469 e. The van der Waals surface area contributed by atoms with Gasteiger partial charge in [0.2, 0.25) is 0 Å². The summed E-state index contributed by atoms with van der Waals surface area (Å²) in [6, 6.07) is 0. The standard InChI is InChI=1S/C13H19BrN2O2/c1-13(2,3)12-15-10(14)9-8(11(17)18-4)6-5-7-16(9)12/h8H,5-7H2,1-4H3. The molecule has 0 fully saturated rings. The molecule has 2 heterocycles. The minimum atomic E-state index is -0.193. The third-order valence-corrected chi connectivity index (χ3v) is 3.91. The van der Waals surface area contributed by atoms with Gasteiger partial charge in [0.15, 0.2) is 0 Å². The Kier molecular flexibility index (Phi) is 3.54.